The zero-order valence-corrected chi connectivity index (χ0v) is 6.37. The quantitative estimate of drug-likeness (QED) is 0.553. The number of aldehydes is 1. The van der Waals surface area contributed by atoms with E-state index < -0.39 is 11.7 Å². The summed E-state index contributed by atoms with van der Waals surface area (Å²) in [6.45, 7) is 3.29. The van der Waals surface area contributed by atoms with Crippen molar-refractivity contribution in [3.8, 4) is 0 Å². The molecule has 0 rings (SSSR count). The lowest BCUT2D eigenvalue weighted by Crippen LogP contribution is -2.21. The van der Waals surface area contributed by atoms with Crippen LogP contribution in [0.1, 0.15) is 26.7 Å². The third-order valence-electron chi connectivity index (χ3n) is 1.21. The molecule has 0 aliphatic carbocycles. The SMILES string of the molecule is CC(C)(O)CCC(O)C=O. The molecule has 0 radical (unpaired) electrons. The van der Waals surface area contributed by atoms with Gasteiger partial charge in [0.25, 0.3) is 0 Å². The van der Waals surface area contributed by atoms with Gasteiger partial charge in [0.1, 0.15) is 12.4 Å². The maximum absolute atomic E-state index is 9.89. The highest BCUT2D eigenvalue weighted by atomic mass is 16.3. The van der Waals surface area contributed by atoms with Crippen molar-refractivity contribution in [3.05, 3.63) is 0 Å². The lowest BCUT2D eigenvalue weighted by atomic mass is 10.0. The van der Waals surface area contributed by atoms with Gasteiger partial charge in [0.05, 0.1) is 5.60 Å². The largest absolute Gasteiger partial charge is 0.390 e. The van der Waals surface area contributed by atoms with Crippen LogP contribution in [0.4, 0.5) is 0 Å². The molecule has 10 heavy (non-hydrogen) atoms. The first-order chi connectivity index (χ1) is 4.45. The molecule has 1 atom stereocenters. The molecule has 60 valence electrons. The Kier molecular flexibility index (Phi) is 3.53. The molecule has 3 heteroatoms. The number of hydrogen-bond donors (Lipinski definition) is 2. The van der Waals surface area contributed by atoms with Gasteiger partial charge in [-0.3, -0.25) is 0 Å². The second-order valence-electron chi connectivity index (χ2n) is 3.05. The van der Waals surface area contributed by atoms with E-state index in [2.05, 4.69) is 0 Å². The summed E-state index contributed by atoms with van der Waals surface area (Å²) in [5.41, 5.74) is -0.788. The summed E-state index contributed by atoms with van der Waals surface area (Å²) in [4.78, 5) is 9.89. The van der Waals surface area contributed by atoms with Gasteiger partial charge in [0, 0.05) is 0 Å². The van der Waals surface area contributed by atoms with Gasteiger partial charge >= 0.3 is 0 Å². The third-order valence-corrected chi connectivity index (χ3v) is 1.21. The van der Waals surface area contributed by atoms with E-state index >= 15 is 0 Å². The summed E-state index contributed by atoms with van der Waals surface area (Å²) in [7, 11) is 0. The number of aliphatic hydroxyl groups excluding tert-OH is 1. The molecule has 0 amide bonds. The van der Waals surface area contributed by atoms with E-state index in [1.54, 1.807) is 13.8 Å². The molecule has 0 aromatic carbocycles. The number of aliphatic hydroxyl groups is 2. The van der Waals surface area contributed by atoms with Crippen molar-refractivity contribution in [2.45, 2.75) is 38.4 Å². The van der Waals surface area contributed by atoms with E-state index in [-0.39, 0.29) is 0 Å². The van der Waals surface area contributed by atoms with Gasteiger partial charge in [-0.2, -0.15) is 0 Å². The van der Waals surface area contributed by atoms with Crippen molar-refractivity contribution in [3.63, 3.8) is 0 Å². The van der Waals surface area contributed by atoms with Gasteiger partial charge in [0.2, 0.25) is 0 Å². The van der Waals surface area contributed by atoms with Crippen molar-refractivity contribution in [1.29, 1.82) is 0 Å². The van der Waals surface area contributed by atoms with Crippen LogP contribution in [0, 0.1) is 0 Å². The van der Waals surface area contributed by atoms with Crippen LogP contribution in [0.25, 0.3) is 0 Å². The Bertz CT molecular complexity index is 104. The number of hydrogen-bond acceptors (Lipinski definition) is 3. The predicted molar refractivity (Wildman–Crippen MR) is 37.6 cm³/mol. The molecule has 0 spiro atoms. The molecule has 0 aromatic heterocycles. The van der Waals surface area contributed by atoms with Crippen LogP contribution in [-0.2, 0) is 4.79 Å². The highest BCUT2D eigenvalue weighted by Gasteiger charge is 2.14. The van der Waals surface area contributed by atoms with Crippen LogP contribution in [0.5, 0.6) is 0 Å². The molecule has 0 aliphatic heterocycles. The standard InChI is InChI=1S/C7H14O3/c1-7(2,10)4-3-6(9)5-8/h5-6,9-10H,3-4H2,1-2H3. The second kappa shape index (κ2) is 3.68. The van der Waals surface area contributed by atoms with Gasteiger partial charge < -0.3 is 15.0 Å². The van der Waals surface area contributed by atoms with E-state index in [0.29, 0.717) is 19.1 Å². The molecule has 3 nitrogen and oxygen atoms in total. The van der Waals surface area contributed by atoms with Crippen molar-refractivity contribution in [2.24, 2.45) is 0 Å². The van der Waals surface area contributed by atoms with Crippen molar-refractivity contribution in [2.75, 3.05) is 0 Å². The molecular formula is C7H14O3. The Labute approximate surface area is 60.7 Å². The number of carbonyl (C=O) groups is 1. The molecule has 0 aliphatic rings. The van der Waals surface area contributed by atoms with Gasteiger partial charge in [-0.05, 0) is 26.7 Å². The minimum absolute atomic E-state index is 0.326. The van der Waals surface area contributed by atoms with E-state index in [0.717, 1.165) is 0 Å². The van der Waals surface area contributed by atoms with E-state index in [9.17, 15) is 4.79 Å². The molecule has 2 N–H and O–H groups in total. The maximum atomic E-state index is 9.89. The number of carbonyl (C=O) groups excluding carboxylic acids is 1. The average molecular weight is 146 g/mol. The lowest BCUT2D eigenvalue weighted by molar-refractivity contribution is -0.115. The molecule has 0 aromatic rings. The third kappa shape index (κ3) is 5.72. The number of rotatable bonds is 4. The summed E-state index contributed by atoms with van der Waals surface area (Å²) in [5, 5.41) is 17.9. The van der Waals surface area contributed by atoms with Crippen LogP contribution < -0.4 is 0 Å². The molecule has 0 saturated carbocycles. The van der Waals surface area contributed by atoms with Gasteiger partial charge in [0.15, 0.2) is 0 Å². The summed E-state index contributed by atoms with van der Waals surface area (Å²) >= 11 is 0. The molecular weight excluding hydrogens is 132 g/mol. The van der Waals surface area contributed by atoms with Crippen LogP contribution in [0.3, 0.4) is 0 Å². The van der Waals surface area contributed by atoms with E-state index in [4.69, 9.17) is 10.2 Å². The van der Waals surface area contributed by atoms with Gasteiger partial charge in [-0.1, -0.05) is 0 Å². The Morgan fingerprint density at radius 3 is 2.40 bits per heavy atom. The topological polar surface area (TPSA) is 57.5 Å². The summed E-state index contributed by atoms with van der Waals surface area (Å²) in [6.07, 6.45) is 0.317. The highest BCUT2D eigenvalue weighted by Crippen LogP contribution is 2.10. The average Bonchev–Trinajstić information content (AvgIpc) is 1.81. The van der Waals surface area contributed by atoms with Crippen LogP contribution >= 0.6 is 0 Å². The molecule has 0 bridgehead atoms. The normalized spacial score (nSPS) is 14.8. The minimum Gasteiger partial charge on any atom is -0.390 e. The fourth-order valence-corrected chi connectivity index (χ4v) is 0.569. The minimum atomic E-state index is -0.925. The maximum Gasteiger partial charge on any atom is 0.148 e. The fraction of sp³-hybridized carbons (Fsp3) is 0.857. The van der Waals surface area contributed by atoms with Crippen molar-refractivity contribution >= 4 is 6.29 Å². The van der Waals surface area contributed by atoms with Crippen LogP contribution in [0.15, 0.2) is 0 Å². The Hall–Kier alpha value is -0.410. The Morgan fingerprint density at radius 1 is 1.60 bits per heavy atom. The van der Waals surface area contributed by atoms with Gasteiger partial charge in [-0.25, -0.2) is 0 Å². The zero-order chi connectivity index (χ0) is 8.20. The summed E-state index contributed by atoms with van der Waals surface area (Å²) in [5.74, 6) is 0. The van der Waals surface area contributed by atoms with Crippen molar-refractivity contribution in [1.82, 2.24) is 0 Å². The Balaban J connectivity index is 3.45. The fourth-order valence-electron chi connectivity index (χ4n) is 0.569. The van der Waals surface area contributed by atoms with Gasteiger partial charge in [-0.15, -0.1) is 0 Å². The van der Waals surface area contributed by atoms with Crippen LogP contribution in [-0.4, -0.2) is 28.2 Å². The van der Waals surface area contributed by atoms with Crippen molar-refractivity contribution < 1.29 is 15.0 Å². The first-order valence-corrected chi connectivity index (χ1v) is 3.31. The molecule has 0 heterocycles. The second-order valence-corrected chi connectivity index (χ2v) is 3.05. The monoisotopic (exact) mass is 146 g/mol. The zero-order valence-electron chi connectivity index (χ0n) is 6.37. The summed E-state index contributed by atoms with van der Waals surface area (Å²) in [6, 6.07) is 0. The first-order valence-electron chi connectivity index (χ1n) is 3.31. The predicted octanol–water partition coefficient (Wildman–Crippen LogP) is 0.0973. The Morgan fingerprint density at radius 2 is 2.10 bits per heavy atom. The molecule has 0 fully saturated rings. The molecule has 1 unspecified atom stereocenters. The van der Waals surface area contributed by atoms with E-state index in [1.165, 1.54) is 0 Å². The lowest BCUT2D eigenvalue weighted by Gasteiger charge is -2.16. The molecule has 0 saturated heterocycles. The smallest absolute Gasteiger partial charge is 0.148 e. The van der Waals surface area contributed by atoms with E-state index in [1.807, 2.05) is 0 Å². The van der Waals surface area contributed by atoms with Crippen LogP contribution in [0.2, 0.25) is 0 Å². The highest BCUT2D eigenvalue weighted by molar-refractivity contribution is 5.55. The first kappa shape index (κ1) is 9.59. The summed E-state index contributed by atoms with van der Waals surface area (Å²) < 4.78 is 0.